The molecule has 0 saturated carbocycles. The van der Waals surface area contributed by atoms with E-state index in [2.05, 4.69) is 16.3 Å². The maximum atomic E-state index is 8.75. The fourth-order valence-electron chi connectivity index (χ4n) is 1.66. The van der Waals surface area contributed by atoms with E-state index in [1.165, 1.54) is 0 Å². The highest BCUT2D eigenvalue weighted by Gasteiger charge is 2.10. The van der Waals surface area contributed by atoms with Crippen LogP contribution in [-0.2, 0) is 6.42 Å². The molecule has 0 fully saturated rings. The first-order valence-corrected chi connectivity index (χ1v) is 5.03. The quantitative estimate of drug-likeness (QED) is 0.850. The molecule has 0 N–H and O–H groups in total. The molecule has 2 rings (SSSR count). The van der Waals surface area contributed by atoms with Gasteiger partial charge in [-0.15, -0.1) is 12.4 Å². The minimum absolute atomic E-state index is 0. The topological polar surface area (TPSA) is 68.0 Å². The van der Waals surface area contributed by atoms with Crippen LogP contribution in [-0.4, -0.2) is 24.4 Å². The van der Waals surface area contributed by atoms with Gasteiger partial charge in [0.1, 0.15) is 0 Å². The predicted octanol–water partition coefficient (Wildman–Crippen LogP) is 2.13. The summed E-state index contributed by atoms with van der Waals surface area (Å²) in [5.74, 6) is 1.22. The third-order valence-corrected chi connectivity index (χ3v) is 2.50. The number of benzene rings is 1. The second kappa shape index (κ2) is 6.03. The fourth-order valence-corrected chi connectivity index (χ4v) is 1.66. The zero-order chi connectivity index (χ0) is 12.3. The van der Waals surface area contributed by atoms with E-state index in [-0.39, 0.29) is 12.4 Å². The summed E-state index contributed by atoms with van der Waals surface area (Å²) in [4.78, 5) is 0. The Morgan fingerprint density at radius 2 is 1.89 bits per heavy atom. The summed E-state index contributed by atoms with van der Waals surface area (Å²) in [5, 5.41) is 17.5. The van der Waals surface area contributed by atoms with Gasteiger partial charge in [-0.05, 0) is 11.6 Å². The van der Waals surface area contributed by atoms with Crippen LogP contribution in [0.1, 0.15) is 5.56 Å². The van der Waals surface area contributed by atoms with Crippen LogP contribution in [0.5, 0.6) is 11.5 Å². The number of hydrogen-bond acceptors (Lipinski definition) is 5. The Hall–Kier alpha value is -2.06. The summed E-state index contributed by atoms with van der Waals surface area (Å²) < 4.78 is 10.4. The van der Waals surface area contributed by atoms with Gasteiger partial charge < -0.3 is 9.47 Å². The molecular formula is C12H12ClN3O2. The van der Waals surface area contributed by atoms with E-state index in [9.17, 15) is 0 Å². The molecule has 5 nitrogen and oxygen atoms in total. The molecule has 0 saturated heterocycles. The molecule has 0 spiro atoms. The average molecular weight is 266 g/mol. The van der Waals surface area contributed by atoms with E-state index in [4.69, 9.17) is 14.7 Å². The highest BCUT2D eigenvalue weighted by Crippen LogP contribution is 2.32. The molecule has 0 unspecified atom stereocenters. The molecule has 1 aromatic carbocycles. The number of nitrogens with zero attached hydrogens (tertiary/aromatic N) is 3. The van der Waals surface area contributed by atoms with Crippen LogP contribution in [0.25, 0.3) is 10.9 Å². The zero-order valence-electron chi connectivity index (χ0n) is 10.0. The molecule has 2 aromatic rings. The van der Waals surface area contributed by atoms with Crippen molar-refractivity contribution in [3.63, 3.8) is 0 Å². The van der Waals surface area contributed by atoms with Gasteiger partial charge in [0.15, 0.2) is 11.5 Å². The third kappa shape index (κ3) is 2.44. The SMILES string of the molecule is COc1cc2nncc(CC#N)c2cc1OC.Cl. The Bertz CT molecular complexity index is 596. The largest absolute Gasteiger partial charge is 0.493 e. The van der Waals surface area contributed by atoms with Crippen molar-refractivity contribution in [2.24, 2.45) is 0 Å². The van der Waals surface area contributed by atoms with Crippen molar-refractivity contribution < 1.29 is 9.47 Å². The van der Waals surface area contributed by atoms with E-state index < -0.39 is 0 Å². The van der Waals surface area contributed by atoms with Crippen LogP contribution < -0.4 is 9.47 Å². The van der Waals surface area contributed by atoms with Gasteiger partial charge in [0, 0.05) is 11.5 Å². The molecule has 0 bridgehead atoms. The molecule has 18 heavy (non-hydrogen) atoms. The molecule has 0 radical (unpaired) electrons. The Morgan fingerprint density at radius 3 is 2.50 bits per heavy atom. The molecular weight excluding hydrogens is 254 g/mol. The number of fused-ring (bicyclic) bond motifs is 1. The number of rotatable bonds is 3. The lowest BCUT2D eigenvalue weighted by atomic mass is 10.1. The number of aromatic nitrogens is 2. The second-order valence-corrected chi connectivity index (χ2v) is 3.43. The number of hydrogen-bond donors (Lipinski definition) is 0. The highest BCUT2D eigenvalue weighted by molar-refractivity contribution is 5.85. The van der Waals surface area contributed by atoms with E-state index in [0.29, 0.717) is 23.4 Å². The van der Waals surface area contributed by atoms with Gasteiger partial charge in [-0.2, -0.15) is 15.5 Å². The summed E-state index contributed by atoms with van der Waals surface area (Å²) in [6, 6.07) is 5.67. The van der Waals surface area contributed by atoms with Crippen LogP contribution in [0.3, 0.4) is 0 Å². The first-order chi connectivity index (χ1) is 8.30. The Kier molecular flexibility index (Phi) is 4.69. The molecule has 0 aliphatic heterocycles. The van der Waals surface area contributed by atoms with Gasteiger partial charge in [-0.25, -0.2) is 0 Å². The van der Waals surface area contributed by atoms with Crippen LogP contribution in [0.15, 0.2) is 18.3 Å². The summed E-state index contributed by atoms with van der Waals surface area (Å²) in [7, 11) is 3.14. The first kappa shape index (κ1) is 14.0. The van der Waals surface area contributed by atoms with E-state index in [1.807, 2.05) is 6.07 Å². The molecule has 1 heterocycles. The summed E-state index contributed by atoms with van der Waals surface area (Å²) in [5.41, 5.74) is 1.52. The van der Waals surface area contributed by atoms with Crippen molar-refractivity contribution in [1.29, 1.82) is 5.26 Å². The van der Waals surface area contributed by atoms with E-state index in [1.54, 1.807) is 26.5 Å². The van der Waals surface area contributed by atoms with Crippen LogP contribution in [0.2, 0.25) is 0 Å². The number of nitriles is 1. The monoisotopic (exact) mass is 265 g/mol. The Labute approximate surface area is 111 Å². The van der Waals surface area contributed by atoms with Gasteiger partial charge in [0.2, 0.25) is 0 Å². The highest BCUT2D eigenvalue weighted by atomic mass is 35.5. The molecule has 0 atom stereocenters. The summed E-state index contributed by atoms with van der Waals surface area (Å²) >= 11 is 0. The lowest BCUT2D eigenvalue weighted by molar-refractivity contribution is 0.355. The van der Waals surface area contributed by atoms with E-state index in [0.717, 1.165) is 10.9 Å². The van der Waals surface area contributed by atoms with Gasteiger partial charge in [-0.1, -0.05) is 0 Å². The van der Waals surface area contributed by atoms with Gasteiger partial charge in [0.25, 0.3) is 0 Å². The molecule has 94 valence electrons. The fraction of sp³-hybridized carbons (Fsp3) is 0.250. The van der Waals surface area contributed by atoms with Gasteiger partial charge in [-0.3, -0.25) is 0 Å². The maximum Gasteiger partial charge on any atom is 0.162 e. The van der Waals surface area contributed by atoms with Crippen molar-refractivity contribution in [3.8, 4) is 17.6 Å². The van der Waals surface area contributed by atoms with Crippen LogP contribution in [0, 0.1) is 11.3 Å². The summed E-state index contributed by atoms with van der Waals surface area (Å²) in [6.07, 6.45) is 1.89. The smallest absolute Gasteiger partial charge is 0.162 e. The molecule has 0 amide bonds. The van der Waals surface area contributed by atoms with Gasteiger partial charge >= 0.3 is 0 Å². The predicted molar refractivity (Wildman–Crippen MR) is 69.2 cm³/mol. The second-order valence-electron chi connectivity index (χ2n) is 3.43. The number of ether oxygens (including phenoxy) is 2. The van der Waals surface area contributed by atoms with Crippen molar-refractivity contribution in [2.75, 3.05) is 14.2 Å². The Morgan fingerprint density at radius 1 is 1.22 bits per heavy atom. The maximum absolute atomic E-state index is 8.75. The van der Waals surface area contributed by atoms with Crippen molar-refractivity contribution in [2.45, 2.75) is 6.42 Å². The minimum atomic E-state index is 0. The number of methoxy groups -OCH3 is 2. The first-order valence-electron chi connectivity index (χ1n) is 5.03. The lowest BCUT2D eigenvalue weighted by Gasteiger charge is -2.09. The molecule has 0 aliphatic rings. The molecule has 1 aromatic heterocycles. The summed E-state index contributed by atoms with van der Waals surface area (Å²) in [6.45, 7) is 0. The standard InChI is InChI=1S/C12H11N3O2.ClH/c1-16-11-5-9-8(3-4-13)7-14-15-10(9)6-12(11)17-2;/h5-7H,3H2,1-2H3;1H. The third-order valence-electron chi connectivity index (χ3n) is 2.50. The van der Waals surface area contributed by atoms with Crippen LogP contribution >= 0.6 is 12.4 Å². The average Bonchev–Trinajstić information content (AvgIpc) is 2.38. The normalized spacial score (nSPS) is 9.39. The Balaban J connectivity index is 0.00000162. The van der Waals surface area contributed by atoms with Crippen molar-refractivity contribution >= 4 is 23.3 Å². The zero-order valence-corrected chi connectivity index (χ0v) is 10.8. The van der Waals surface area contributed by atoms with Crippen molar-refractivity contribution in [3.05, 3.63) is 23.9 Å². The molecule has 6 heteroatoms. The van der Waals surface area contributed by atoms with Gasteiger partial charge in [0.05, 0.1) is 38.4 Å². The van der Waals surface area contributed by atoms with Crippen LogP contribution in [0.4, 0.5) is 0 Å². The van der Waals surface area contributed by atoms with E-state index >= 15 is 0 Å². The van der Waals surface area contributed by atoms with Crippen molar-refractivity contribution in [1.82, 2.24) is 10.2 Å². The molecule has 0 aliphatic carbocycles. The number of halogens is 1. The minimum Gasteiger partial charge on any atom is -0.493 e. The lowest BCUT2D eigenvalue weighted by Crippen LogP contribution is -1.95.